The Balaban J connectivity index is 1.58. The molecule has 0 aliphatic carbocycles. The molecule has 9 nitrogen and oxygen atoms in total. The van der Waals surface area contributed by atoms with Crippen LogP contribution in [0.2, 0.25) is 5.02 Å². The van der Waals surface area contributed by atoms with E-state index in [0.717, 1.165) is 5.56 Å². The van der Waals surface area contributed by atoms with Crippen molar-refractivity contribution < 1.29 is 41.8 Å². The molecule has 3 amide bonds. The molecule has 3 N–H and O–H groups in total. The van der Waals surface area contributed by atoms with E-state index in [2.05, 4.69) is 20.2 Å². The highest BCUT2D eigenvalue weighted by atomic mass is 35.5. The lowest BCUT2D eigenvalue weighted by Gasteiger charge is -2.28. The number of rotatable bonds is 8. The number of hydrazine groups is 1. The van der Waals surface area contributed by atoms with Crippen LogP contribution in [0.1, 0.15) is 24.8 Å². The number of aryl methyl sites for hydroxylation is 1. The molecule has 2 atom stereocenters. The number of carbonyl (C=O) groups excluding carboxylic acids is 3. The average molecular weight is 482 g/mol. The average Bonchev–Trinajstić information content (AvgIpc) is 2.74. The minimum absolute atomic E-state index is 0.115. The van der Waals surface area contributed by atoms with E-state index in [-0.39, 0.29) is 18.6 Å². The molecule has 1 aliphatic rings. The molecular formula is C19H23ClF3N3O6. The third kappa shape index (κ3) is 10.2. The van der Waals surface area contributed by atoms with Crippen LogP contribution in [0.25, 0.3) is 0 Å². The number of nitrogens with one attached hydrogen (secondary N) is 3. The van der Waals surface area contributed by atoms with Gasteiger partial charge in [0.05, 0.1) is 19.3 Å². The van der Waals surface area contributed by atoms with E-state index in [1.165, 1.54) is 0 Å². The molecule has 0 bridgehead atoms. The van der Waals surface area contributed by atoms with Crippen LogP contribution in [0, 0.1) is 0 Å². The molecular weight excluding hydrogens is 459 g/mol. The fourth-order valence-corrected chi connectivity index (χ4v) is 2.93. The number of hydrogen-bond acceptors (Lipinski definition) is 6. The summed E-state index contributed by atoms with van der Waals surface area (Å²) in [6.07, 6.45) is -5.18. The summed E-state index contributed by atoms with van der Waals surface area (Å²) in [4.78, 5) is 35.4. The van der Waals surface area contributed by atoms with Gasteiger partial charge in [-0.3, -0.25) is 19.8 Å². The normalized spacial score (nSPS) is 18.5. The van der Waals surface area contributed by atoms with E-state index in [1.54, 1.807) is 12.1 Å². The molecule has 1 saturated heterocycles. The van der Waals surface area contributed by atoms with Crippen molar-refractivity contribution >= 4 is 29.5 Å². The predicted octanol–water partition coefficient (Wildman–Crippen LogP) is 2.23. The SMILES string of the molecule is O=C(CCc1ccc(Cl)cc1)N[C@@H]1CC[C@@H](C(=O)NNC(=O)OCCOC(F)(F)F)OC1. The van der Waals surface area contributed by atoms with Gasteiger partial charge in [0.1, 0.15) is 12.7 Å². The third-order valence-electron chi connectivity index (χ3n) is 4.36. The predicted molar refractivity (Wildman–Crippen MR) is 105 cm³/mol. The first kappa shape index (κ1) is 25.7. The van der Waals surface area contributed by atoms with E-state index in [9.17, 15) is 27.6 Å². The van der Waals surface area contributed by atoms with Crippen molar-refractivity contribution in [3.05, 3.63) is 34.9 Å². The van der Waals surface area contributed by atoms with Crippen LogP contribution < -0.4 is 16.2 Å². The van der Waals surface area contributed by atoms with Crippen LogP contribution in [0.15, 0.2) is 24.3 Å². The van der Waals surface area contributed by atoms with Crippen molar-refractivity contribution in [2.45, 2.75) is 44.2 Å². The summed E-state index contributed by atoms with van der Waals surface area (Å²) >= 11 is 5.82. The smallest absolute Gasteiger partial charge is 0.446 e. The van der Waals surface area contributed by atoms with Gasteiger partial charge in [-0.25, -0.2) is 10.2 Å². The summed E-state index contributed by atoms with van der Waals surface area (Å²) in [5.74, 6) is -0.795. The lowest BCUT2D eigenvalue weighted by molar-refractivity contribution is -0.326. The second-order valence-electron chi connectivity index (χ2n) is 6.83. The van der Waals surface area contributed by atoms with Gasteiger partial charge in [-0.2, -0.15) is 0 Å². The van der Waals surface area contributed by atoms with Gasteiger partial charge in [-0.1, -0.05) is 23.7 Å². The number of halogens is 4. The quantitative estimate of drug-likeness (QED) is 0.387. The van der Waals surface area contributed by atoms with Gasteiger partial charge in [-0.15, -0.1) is 13.2 Å². The summed E-state index contributed by atoms with van der Waals surface area (Å²) < 4.78 is 48.6. The Labute approximate surface area is 186 Å². The summed E-state index contributed by atoms with van der Waals surface area (Å²) in [7, 11) is 0. The Morgan fingerprint density at radius 2 is 1.81 bits per heavy atom. The maximum atomic E-state index is 12.1. The molecule has 178 valence electrons. The first-order chi connectivity index (χ1) is 15.1. The van der Waals surface area contributed by atoms with Crippen LogP contribution in [0.5, 0.6) is 0 Å². The number of ether oxygens (including phenoxy) is 3. The van der Waals surface area contributed by atoms with Crippen molar-refractivity contribution in [1.29, 1.82) is 0 Å². The van der Waals surface area contributed by atoms with Crippen molar-refractivity contribution in [2.75, 3.05) is 19.8 Å². The molecule has 2 rings (SSSR count). The van der Waals surface area contributed by atoms with Crippen molar-refractivity contribution in [3.63, 3.8) is 0 Å². The number of hydrogen-bond donors (Lipinski definition) is 3. The Morgan fingerprint density at radius 3 is 2.44 bits per heavy atom. The molecule has 1 heterocycles. The van der Waals surface area contributed by atoms with Crippen LogP contribution in [0.3, 0.4) is 0 Å². The molecule has 1 aromatic carbocycles. The van der Waals surface area contributed by atoms with Crippen LogP contribution >= 0.6 is 11.6 Å². The minimum atomic E-state index is -4.82. The maximum Gasteiger partial charge on any atom is 0.522 e. The zero-order chi connectivity index (χ0) is 23.6. The summed E-state index contributed by atoms with van der Waals surface area (Å²) in [6, 6.07) is 6.96. The number of benzene rings is 1. The highest BCUT2D eigenvalue weighted by molar-refractivity contribution is 6.30. The van der Waals surface area contributed by atoms with Crippen molar-refractivity contribution in [3.8, 4) is 0 Å². The topological polar surface area (TPSA) is 115 Å². The molecule has 0 saturated carbocycles. The van der Waals surface area contributed by atoms with Gasteiger partial charge >= 0.3 is 12.5 Å². The first-order valence-electron chi connectivity index (χ1n) is 9.71. The zero-order valence-electron chi connectivity index (χ0n) is 16.9. The van der Waals surface area contributed by atoms with Gasteiger partial charge in [0.25, 0.3) is 5.91 Å². The molecule has 13 heteroatoms. The highest BCUT2D eigenvalue weighted by Crippen LogP contribution is 2.16. The Kier molecular flexibility index (Phi) is 10.0. The fraction of sp³-hybridized carbons (Fsp3) is 0.526. The molecule has 32 heavy (non-hydrogen) atoms. The highest BCUT2D eigenvalue weighted by Gasteiger charge is 2.29. The zero-order valence-corrected chi connectivity index (χ0v) is 17.6. The molecule has 0 unspecified atom stereocenters. The lowest BCUT2D eigenvalue weighted by atomic mass is 10.0. The van der Waals surface area contributed by atoms with E-state index >= 15 is 0 Å². The lowest BCUT2D eigenvalue weighted by Crippen LogP contribution is -2.51. The molecule has 1 fully saturated rings. The van der Waals surface area contributed by atoms with Crippen molar-refractivity contribution in [1.82, 2.24) is 16.2 Å². The van der Waals surface area contributed by atoms with Crippen LogP contribution in [-0.4, -0.2) is 56.2 Å². The minimum Gasteiger partial charge on any atom is -0.446 e. The Morgan fingerprint density at radius 1 is 1.09 bits per heavy atom. The second-order valence-corrected chi connectivity index (χ2v) is 7.27. The van der Waals surface area contributed by atoms with Crippen LogP contribution in [0.4, 0.5) is 18.0 Å². The fourth-order valence-electron chi connectivity index (χ4n) is 2.80. The molecule has 1 aliphatic heterocycles. The molecule has 0 radical (unpaired) electrons. The molecule has 0 spiro atoms. The van der Waals surface area contributed by atoms with E-state index in [1.807, 2.05) is 17.6 Å². The van der Waals surface area contributed by atoms with E-state index in [4.69, 9.17) is 16.3 Å². The number of carbonyl (C=O) groups is 3. The van der Waals surface area contributed by atoms with E-state index in [0.29, 0.717) is 30.7 Å². The summed E-state index contributed by atoms with van der Waals surface area (Å²) in [6.45, 7) is -1.41. The van der Waals surface area contributed by atoms with Crippen LogP contribution in [-0.2, 0) is 30.2 Å². The largest absolute Gasteiger partial charge is 0.522 e. The molecule has 1 aromatic rings. The monoisotopic (exact) mass is 481 g/mol. The maximum absolute atomic E-state index is 12.1. The Hall–Kier alpha value is -2.57. The van der Waals surface area contributed by atoms with Gasteiger partial charge in [0.2, 0.25) is 5.91 Å². The van der Waals surface area contributed by atoms with Gasteiger partial charge in [0, 0.05) is 11.4 Å². The van der Waals surface area contributed by atoms with Gasteiger partial charge < -0.3 is 14.8 Å². The van der Waals surface area contributed by atoms with Crippen molar-refractivity contribution in [2.24, 2.45) is 0 Å². The molecule has 0 aromatic heterocycles. The summed E-state index contributed by atoms with van der Waals surface area (Å²) in [5.41, 5.74) is 4.95. The summed E-state index contributed by atoms with van der Waals surface area (Å²) in [5, 5.41) is 3.47. The van der Waals surface area contributed by atoms with E-state index < -0.39 is 37.7 Å². The van der Waals surface area contributed by atoms with Gasteiger partial charge in [0.15, 0.2) is 0 Å². The number of amides is 3. The first-order valence-corrected chi connectivity index (χ1v) is 10.1. The van der Waals surface area contributed by atoms with Gasteiger partial charge in [-0.05, 0) is 37.0 Å². The Bertz CT molecular complexity index is 771. The third-order valence-corrected chi connectivity index (χ3v) is 4.61. The second kappa shape index (κ2) is 12.5. The number of alkyl halides is 3. The standard InChI is InChI=1S/C19H23ClF3N3O6/c20-13-4-1-12(2-5-13)3-8-16(27)24-14-6-7-15(31-11-14)17(28)25-26-18(29)30-9-10-32-19(21,22)23/h1-2,4-5,14-15H,3,6-11H2,(H,24,27)(H,25,28)(H,26,29)/t14-,15+/m1/s1.